The van der Waals surface area contributed by atoms with Gasteiger partial charge in [0.2, 0.25) is 0 Å². The van der Waals surface area contributed by atoms with Crippen molar-refractivity contribution in [1.82, 2.24) is 9.88 Å². The van der Waals surface area contributed by atoms with Crippen molar-refractivity contribution in [1.29, 1.82) is 0 Å². The van der Waals surface area contributed by atoms with Gasteiger partial charge in [-0.3, -0.25) is 0 Å². The number of anilines is 2. The Labute approximate surface area is 113 Å². The maximum absolute atomic E-state index is 12.0. The Morgan fingerprint density at radius 3 is 2.89 bits per heavy atom. The van der Waals surface area contributed by atoms with Gasteiger partial charge in [0.15, 0.2) is 0 Å². The number of nitrogens with zero attached hydrogens (tertiary/aromatic N) is 3. The van der Waals surface area contributed by atoms with E-state index >= 15 is 0 Å². The number of hydrogen-bond donors (Lipinski definition) is 2. The van der Waals surface area contributed by atoms with Crippen LogP contribution >= 0.6 is 0 Å². The van der Waals surface area contributed by atoms with Crippen LogP contribution in [0.1, 0.15) is 12.8 Å². The molecule has 0 radical (unpaired) electrons. The van der Waals surface area contributed by atoms with Crippen LogP contribution in [0, 0.1) is 0 Å². The van der Waals surface area contributed by atoms with Crippen molar-refractivity contribution in [2.75, 3.05) is 37.4 Å². The molecule has 1 unspecified atom stereocenters. The first-order valence-electron chi connectivity index (χ1n) is 6.43. The van der Waals surface area contributed by atoms with Gasteiger partial charge >= 0.3 is 6.03 Å². The van der Waals surface area contributed by atoms with E-state index in [4.69, 9.17) is 0 Å². The lowest BCUT2D eigenvalue weighted by Gasteiger charge is -2.30. The molecule has 1 aromatic heterocycles. The van der Waals surface area contributed by atoms with Gasteiger partial charge < -0.3 is 20.2 Å². The van der Waals surface area contributed by atoms with Gasteiger partial charge in [-0.25, -0.2) is 9.78 Å². The van der Waals surface area contributed by atoms with E-state index in [0.29, 0.717) is 18.8 Å². The highest BCUT2D eigenvalue weighted by molar-refractivity contribution is 5.89. The summed E-state index contributed by atoms with van der Waals surface area (Å²) in [6.07, 6.45) is 2.83. The lowest BCUT2D eigenvalue weighted by molar-refractivity contribution is 0.0883. The van der Waals surface area contributed by atoms with E-state index in [-0.39, 0.29) is 6.03 Å². The molecule has 0 saturated carbocycles. The molecule has 104 valence electrons. The Kier molecular flexibility index (Phi) is 4.21. The van der Waals surface area contributed by atoms with Crippen LogP contribution in [0.4, 0.5) is 16.3 Å². The lowest BCUT2D eigenvalue weighted by atomic mass is 10.1. The minimum atomic E-state index is -0.409. The van der Waals surface area contributed by atoms with Gasteiger partial charge in [-0.2, -0.15) is 0 Å². The fourth-order valence-corrected chi connectivity index (χ4v) is 2.07. The van der Waals surface area contributed by atoms with Gasteiger partial charge in [0.25, 0.3) is 0 Å². The number of nitrogens with one attached hydrogen (secondary N) is 1. The summed E-state index contributed by atoms with van der Waals surface area (Å²) in [4.78, 5) is 19.8. The zero-order valence-corrected chi connectivity index (χ0v) is 11.3. The van der Waals surface area contributed by atoms with E-state index < -0.39 is 6.10 Å². The van der Waals surface area contributed by atoms with Crippen molar-refractivity contribution >= 4 is 17.5 Å². The number of amides is 2. The summed E-state index contributed by atoms with van der Waals surface area (Å²) in [6, 6.07) is 3.49. The van der Waals surface area contributed by atoms with Crippen LogP contribution in [0.2, 0.25) is 0 Å². The number of hydrogen-bond acceptors (Lipinski definition) is 4. The molecule has 1 aliphatic heterocycles. The highest BCUT2D eigenvalue weighted by Gasteiger charge is 2.21. The van der Waals surface area contributed by atoms with Crippen LogP contribution in [0.15, 0.2) is 18.3 Å². The van der Waals surface area contributed by atoms with Crippen molar-refractivity contribution < 1.29 is 9.90 Å². The smallest absolute Gasteiger partial charge is 0.321 e. The van der Waals surface area contributed by atoms with Crippen LogP contribution in [0.5, 0.6) is 0 Å². The minimum Gasteiger partial charge on any atom is -0.391 e. The van der Waals surface area contributed by atoms with Crippen molar-refractivity contribution in [3.63, 3.8) is 0 Å². The highest BCUT2D eigenvalue weighted by Crippen LogP contribution is 2.14. The van der Waals surface area contributed by atoms with Gasteiger partial charge in [0, 0.05) is 27.2 Å². The number of aromatic nitrogens is 1. The Balaban J connectivity index is 1.94. The molecular formula is C13H20N4O2. The molecule has 19 heavy (non-hydrogen) atoms. The Morgan fingerprint density at radius 2 is 2.32 bits per heavy atom. The normalized spacial score (nSPS) is 19.1. The summed E-state index contributed by atoms with van der Waals surface area (Å²) >= 11 is 0. The van der Waals surface area contributed by atoms with Crippen LogP contribution in [0.3, 0.4) is 0 Å². The summed E-state index contributed by atoms with van der Waals surface area (Å²) in [5.41, 5.74) is 0.663. The predicted molar refractivity (Wildman–Crippen MR) is 74.4 cm³/mol. The molecule has 1 aliphatic rings. The van der Waals surface area contributed by atoms with Crippen molar-refractivity contribution in [3.05, 3.63) is 18.3 Å². The summed E-state index contributed by atoms with van der Waals surface area (Å²) < 4.78 is 0. The standard InChI is InChI=1S/C13H20N4O2/c1-16(2)12-6-5-10(8-14-12)15-13(19)17-7-3-4-11(18)9-17/h5-6,8,11,18H,3-4,7,9H2,1-2H3,(H,15,19). The zero-order valence-electron chi connectivity index (χ0n) is 11.3. The lowest BCUT2D eigenvalue weighted by Crippen LogP contribution is -2.44. The van der Waals surface area contributed by atoms with Gasteiger partial charge in [0.05, 0.1) is 18.0 Å². The van der Waals surface area contributed by atoms with E-state index in [2.05, 4.69) is 10.3 Å². The van der Waals surface area contributed by atoms with E-state index in [1.54, 1.807) is 11.1 Å². The SMILES string of the molecule is CN(C)c1ccc(NC(=O)N2CCCC(O)C2)cn1. The molecule has 6 heteroatoms. The number of pyridine rings is 1. The average Bonchev–Trinajstić information content (AvgIpc) is 2.39. The Morgan fingerprint density at radius 1 is 1.53 bits per heavy atom. The first-order valence-corrected chi connectivity index (χ1v) is 6.43. The number of carbonyl (C=O) groups is 1. The molecule has 0 aliphatic carbocycles. The highest BCUT2D eigenvalue weighted by atomic mass is 16.3. The summed E-state index contributed by atoms with van der Waals surface area (Å²) in [5, 5.41) is 12.3. The third-order valence-corrected chi connectivity index (χ3v) is 3.14. The van der Waals surface area contributed by atoms with E-state index in [1.807, 2.05) is 31.1 Å². The molecule has 6 nitrogen and oxygen atoms in total. The van der Waals surface area contributed by atoms with Crippen LogP contribution in [0.25, 0.3) is 0 Å². The van der Waals surface area contributed by atoms with Crippen molar-refractivity contribution in [2.45, 2.75) is 18.9 Å². The first kappa shape index (κ1) is 13.6. The number of carbonyl (C=O) groups excluding carboxylic acids is 1. The molecule has 1 atom stereocenters. The number of aliphatic hydroxyl groups is 1. The molecule has 2 amide bonds. The molecular weight excluding hydrogens is 244 g/mol. The summed E-state index contributed by atoms with van der Waals surface area (Å²) in [5.74, 6) is 0.839. The fourth-order valence-electron chi connectivity index (χ4n) is 2.07. The molecule has 1 fully saturated rings. The molecule has 0 bridgehead atoms. The zero-order chi connectivity index (χ0) is 13.8. The van der Waals surface area contributed by atoms with E-state index in [1.165, 1.54) is 0 Å². The second-order valence-electron chi connectivity index (χ2n) is 4.97. The number of likely N-dealkylation sites (tertiary alicyclic amines) is 1. The molecule has 1 aromatic rings. The third-order valence-electron chi connectivity index (χ3n) is 3.14. The second kappa shape index (κ2) is 5.88. The molecule has 0 spiro atoms. The number of aliphatic hydroxyl groups excluding tert-OH is 1. The van der Waals surface area contributed by atoms with Crippen molar-refractivity contribution in [2.24, 2.45) is 0 Å². The quantitative estimate of drug-likeness (QED) is 0.840. The average molecular weight is 264 g/mol. The summed E-state index contributed by atoms with van der Waals surface area (Å²) in [7, 11) is 3.82. The summed E-state index contributed by atoms with van der Waals surface area (Å²) in [6.45, 7) is 1.08. The molecule has 2 rings (SSSR count). The minimum absolute atomic E-state index is 0.182. The van der Waals surface area contributed by atoms with Crippen LogP contribution < -0.4 is 10.2 Å². The fraction of sp³-hybridized carbons (Fsp3) is 0.538. The number of rotatable bonds is 2. The monoisotopic (exact) mass is 264 g/mol. The maximum atomic E-state index is 12.0. The van der Waals surface area contributed by atoms with Crippen molar-refractivity contribution in [3.8, 4) is 0 Å². The van der Waals surface area contributed by atoms with E-state index in [0.717, 1.165) is 18.7 Å². The molecule has 2 heterocycles. The second-order valence-corrected chi connectivity index (χ2v) is 4.97. The van der Waals surface area contributed by atoms with Crippen LogP contribution in [-0.2, 0) is 0 Å². The predicted octanol–water partition coefficient (Wildman–Crippen LogP) is 1.14. The number of piperidine rings is 1. The topological polar surface area (TPSA) is 68.7 Å². The van der Waals surface area contributed by atoms with Gasteiger partial charge in [-0.05, 0) is 25.0 Å². The van der Waals surface area contributed by atoms with Crippen LogP contribution in [-0.4, -0.2) is 54.3 Å². The maximum Gasteiger partial charge on any atom is 0.321 e. The first-order chi connectivity index (χ1) is 9.06. The van der Waals surface area contributed by atoms with Gasteiger partial charge in [0.1, 0.15) is 5.82 Å². The molecule has 0 aromatic carbocycles. The number of urea groups is 1. The van der Waals surface area contributed by atoms with Gasteiger partial charge in [-0.15, -0.1) is 0 Å². The number of β-amino-alcohol motifs (C(OH)–C–C–N with tert-alkyl or cyclic N) is 1. The molecule has 1 saturated heterocycles. The van der Waals surface area contributed by atoms with E-state index in [9.17, 15) is 9.90 Å². The largest absolute Gasteiger partial charge is 0.391 e. The Bertz CT molecular complexity index is 433. The van der Waals surface area contributed by atoms with Gasteiger partial charge in [-0.1, -0.05) is 0 Å². The molecule has 2 N–H and O–H groups in total. The third kappa shape index (κ3) is 3.57. The Hall–Kier alpha value is -1.82.